The molecule has 148 valence electrons. The van der Waals surface area contributed by atoms with Gasteiger partial charge in [0.05, 0.1) is 58.7 Å². The van der Waals surface area contributed by atoms with Crippen LogP contribution < -0.4 is 5.56 Å². The Labute approximate surface area is 165 Å². The van der Waals surface area contributed by atoms with Gasteiger partial charge in [-0.2, -0.15) is 0 Å². The minimum Gasteiger partial charge on any atom is -0.389 e. The molecule has 0 radical (unpaired) electrons. The molecule has 9 heteroatoms. The predicted molar refractivity (Wildman–Crippen MR) is 108 cm³/mol. The van der Waals surface area contributed by atoms with E-state index >= 15 is 0 Å². The highest BCUT2D eigenvalue weighted by atomic mass is 16.6. The Morgan fingerprint density at radius 2 is 1.69 bits per heavy atom. The molecule has 0 saturated carbocycles. The number of nitro groups is 1. The zero-order chi connectivity index (χ0) is 20.7. The van der Waals surface area contributed by atoms with Crippen molar-refractivity contribution in [1.82, 2.24) is 19.1 Å². The summed E-state index contributed by atoms with van der Waals surface area (Å²) >= 11 is 0. The number of hydrogen-bond donors (Lipinski definition) is 1. The van der Waals surface area contributed by atoms with Crippen LogP contribution in [0.1, 0.15) is 11.1 Å². The lowest BCUT2D eigenvalue weighted by Gasteiger charge is -2.14. The van der Waals surface area contributed by atoms with Crippen LogP contribution in [0.2, 0.25) is 0 Å². The molecule has 2 aromatic carbocycles. The van der Waals surface area contributed by atoms with Gasteiger partial charge in [-0.05, 0) is 43.2 Å². The van der Waals surface area contributed by atoms with E-state index in [9.17, 15) is 20.0 Å². The quantitative estimate of drug-likeness (QED) is 0.411. The highest BCUT2D eigenvalue weighted by molar-refractivity contribution is 5.80. The van der Waals surface area contributed by atoms with Crippen LogP contribution in [0.25, 0.3) is 21.9 Å². The third kappa shape index (κ3) is 3.47. The second-order valence-electron chi connectivity index (χ2n) is 7.14. The lowest BCUT2D eigenvalue weighted by atomic mass is 10.1. The summed E-state index contributed by atoms with van der Waals surface area (Å²) in [4.78, 5) is 31.7. The van der Waals surface area contributed by atoms with E-state index in [1.54, 1.807) is 6.33 Å². The summed E-state index contributed by atoms with van der Waals surface area (Å²) < 4.78 is 3.11. The maximum atomic E-state index is 12.7. The van der Waals surface area contributed by atoms with Gasteiger partial charge in [0, 0.05) is 12.1 Å². The molecule has 0 aliphatic heterocycles. The molecule has 0 fully saturated rings. The molecular weight excluding hydrogens is 374 g/mol. The Balaban J connectivity index is 1.61. The van der Waals surface area contributed by atoms with Gasteiger partial charge >= 0.3 is 0 Å². The number of aliphatic hydroxyl groups is 1. The fraction of sp³-hybridized carbons (Fsp3) is 0.250. The van der Waals surface area contributed by atoms with Crippen LogP contribution in [0.4, 0.5) is 5.69 Å². The van der Waals surface area contributed by atoms with E-state index in [1.165, 1.54) is 29.1 Å². The van der Waals surface area contributed by atoms with Crippen LogP contribution in [0.5, 0.6) is 0 Å². The fourth-order valence-corrected chi connectivity index (χ4v) is 3.36. The largest absolute Gasteiger partial charge is 0.389 e. The Kier molecular flexibility index (Phi) is 4.59. The molecule has 0 bridgehead atoms. The number of aryl methyl sites for hydroxylation is 2. The molecule has 2 aromatic heterocycles. The van der Waals surface area contributed by atoms with Crippen LogP contribution in [0.3, 0.4) is 0 Å². The van der Waals surface area contributed by atoms with E-state index in [-0.39, 0.29) is 24.2 Å². The third-order valence-corrected chi connectivity index (χ3v) is 5.07. The van der Waals surface area contributed by atoms with E-state index in [0.29, 0.717) is 5.52 Å². The van der Waals surface area contributed by atoms with Gasteiger partial charge in [-0.3, -0.25) is 19.5 Å². The van der Waals surface area contributed by atoms with Gasteiger partial charge < -0.3 is 9.67 Å². The fourth-order valence-electron chi connectivity index (χ4n) is 3.36. The average molecular weight is 393 g/mol. The molecule has 0 aliphatic carbocycles. The topological polar surface area (TPSA) is 116 Å². The maximum absolute atomic E-state index is 12.7. The van der Waals surface area contributed by atoms with Crippen molar-refractivity contribution in [3.8, 4) is 0 Å². The monoisotopic (exact) mass is 393 g/mol. The molecule has 4 aromatic rings. The molecule has 0 aliphatic rings. The average Bonchev–Trinajstić information content (AvgIpc) is 3.05. The van der Waals surface area contributed by atoms with Gasteiger partial charge in [0.15, 0.2) is 0 Å². The maximum Gasteiger partial charge on any atom is 0.270 e. The number of fused-ring (bicyclic) bond motifs is 2. The standard InChI is InChI=1S/C20H19N5O4/c1-12-5-18-19(6-13(12)2)23(10-22-18)8-15(26)9-24-11-21-17-4-3-14(25(28)29)7-16(17)20(24)27/h3-7,10-11,15,26H,8-9H2,1-2H3. The van der Waals surface area contributed by atoms with Crippen LogP contribution >= 0.6 is 0 Å². The molecule has 1 unspecified atom stereocenters. The lowest BCUT2D eigenvalue weighted by molar-refractivity contribution is -0.384. The van der Waals surface area contributed by atoms with Crippen molar-refractivity contribution in [2.45, 2.75) is 33.0 Å². The zero-order valence-corrected chi connectivity index (χ0v) is 15.9. The van der Waals surface area contributed by atoms with Crippen LogP contribution in [-0.2, 0) is 13.1 Å². The molecule has 0 spiro atoms. The molecular formula is C20H19N5O4. The number of aromatic nitrogens is 4. The third-order valence-electron chi connectivity index (χ3n) is 5.07. The minimum atomic E-state index is -0.871. The molecule has 0 saturated heterocycles. The van der Waals surface area contributed by atoms with Gasteiger partial charge in [-0.25, -0.2) is 9.97 Å². The number of aliphatic hydroxyl groups excluding tert-OH is 1. The summed E-state index contributed by atoms with van der Waals surface area (Å²) in [5.74, 6) is 0. The van der Waals surface area contributed by atoms with Crippen LogP contribution in [0.15, 0.2) is 47.8 Å². The Morgan fingerprint density at radius 1 is 1.03 bits per heavy atom. The summed E-state index contributed by atoms with van der Waals surface area (Å²) in [6.45, 7) is 4.29. The lowest BCUT2D eigenvalue weighted by Crippen LogP contribution is -2.29. The van der Waals surface area contributed by atoms with Crippen molar-refractivity contribution >= 4 is 27.6 Å². The second kappa shape index (κ2) is 7.10. The highest BCUT2D eigenvalue weighted by Gasteiger charge is 2.14. The molecule has 4 rings (SSSR count). The van der Waals surface area contributed by atoms with Crippen molar-refractivity contribution in [2.24, 2.45) is 0 Å². The van der Waals surface area contributed by atoms with Crippen molar-refractivity contribution in [3.05, 3.63) is 74.6 Å². The van der Waals surface area contributed by atoms with E-state index in [1.807, 2.05) is 30.5 Å². The van der Waals surface area contributed by atoms with E-state index < -0.39 is 16.6 Å². The van der Waals surface area contributed by atoms with Crippen molar-refractivity contribution in [2.75, 3.05) is 0 Å². The number of nitro benzene ring substituents is 1. The first kappa shape index (κ1) is 18.8. The predicted octanol–water partition coefficient (Wildman–Crippen LogP) is 2.33. The Morgan fingerprint density at radius 3 is 2.45 bits per heavy atom. The van der Waals surface area contributed by atoms with Crippen molar-refractivity contribution in [1.29, 1.82) is 0 Å². The summed E-state index contributed by atoms with van der Waals surface area (Å²) in [5.41, 5.74) is 3.79. The number of hydrogen-bond acceptors (Lipinski definition) is 6. The SMILES string of the molecule is Cc1cc2ncn(CC(O)Cn3cnc4ccc([N+](=O)[O-])cc4c3=O)c2cc1C. The molecule has 1 N–H and O–H groups in total. The smallest absolute Gasteiger partial charge is 0.270 e. The summed E-state index contributed by atoms with van der Waals surface area (Å²) in [6.07, 6.45) is 2.14. The number of benzene rings is 2. The molecule has 0 amide bonds. The summed E-state index contributed by atoms with van der Waals surface area (Å²) in [5, 5.41) is 21.7. The highest BCUT2D eigenvalue weighted by Crippen LogP contribution is 2.19. The number of non-ortho nitro benzene ring substituents is 1. The molecule has 1 atom stereocenters. The molecule has 9 nitrogen and oxygen atoms in total. The van der Waals surface area contributed by atoms with Crippen molar-refractivity contribution in [3.63, 3.8) is 0 Å². The van der Waals surface area contributed by atoms with Gasteiger partial charge in [0.1, 0.15) is 0 Å². The summed E-state index contributed by atoms with van der Waals surface area (Å²) in [7, 11) is 0. The zero-order valence-electron chi connectivity index (χ0n) is 15.9. The summed E-state index contributed by atoms with van der Waals surface area (Å²) in [6, 6.07) is 7.98. The van der Waals surface area contributed by atoms with E-state index in [0.717, 1.165) is 22.2 Å². The Hall–Kier alpha value is -3.59. The molecule has 2 heterocycles. The van der Waals surface area contributed by atoms with Gasteiger partial charge in [0.25, 0.3) is 11.2 Å². The van der Waals surface area contributed by atoms with E-state index in [4.69, 9.17) is 0 Å². The number of rotatable bonds is 5. The van der Waals surface area contributed by atoms with Gasteiger partial charge in [0.2, 0.25) is 0 Å². The van der Waals surface area contributed by atoms with Gasteiger partial charge in [-0.15, -0.1) is 0 Å². The first-order valence-electron chi connectivity index (χ1n) is 9.07. The molecule has 29 heavy (non-hydrogen) atoms. The number of imidazole rings is 1. The minimum absolute atomic E-state index is 0.00891. The first-order chi connectivity index (χ1) is 13.8. The van der Waals surface area contributed by atoms with Crippen molar-refractivity contribution < 1.29 is 10.0 Å². The first-order valence-corrected chi connectivity index (χ1v) is 9.07. The van der Waals surface area contributed by atoms with Crippen LogP contribution in [0, 0.1) is 24.0 Å². The van der Waals surface area contributed by atoms with Gasteiger partial charge in [-0.1, -0.05) is 0 Å². The number of nitrogens with zero attached hydrogens (tertiary/aromatic N) is 5. The van der Waals surface area contributed by atoms with Crippen LogP contribution in [-0.4, -0.2) is 35.2 Å². The second-order valence-corrected chi connectivity index (χ2v) is 7.14. The Bertz CT molecular complexity index is 1310. The normalized spacial score (nSPS) is 12.5. The van der Waals surface area contributed by atoms with E-state index in [2.05, 4.69) is 9.97 Å².